The predicted octanol–water partition coefficient (Wildman–Crippen LogP) is 1.62. The summed E-state index contributed by atoms with van der Waals surface area (Å²) in [7, 11) is 1.61. The van der Waals surface area contributed by atoms with Gasteiger partial charge in [0.15, 0.2) is 0 Å². The Hall–Kier alpha value is -1.87. The molecule has 0 bridgehead atoms. The molecule has 2 unspecified atom stereocenters. The van der Waals surface area contributed by atoms with Gasteiger partial charge in [-0.05, 0) is 17.7 Å². The number of nitriles is 1. The molecule has 108 valence electrons. The van der Waals surface area contributed by atoms with Crippen LogP contribution in [-0.4, -0.2) is 30.2 Å². The van der Waals surface area contributed by atoms with E-state index in [0.717, 1.165) is 5.56 Å². The Morgan fingerprint density at radius 2 is 2.15 bits per heavy atom. The van der Waals surface area contributed by atoms with Gasteiger partial charge in [-0.3, -0.25) is 9.00 Å². The number of hydrogen-bond donors (Lipinski definition) is 0. The lowest BCUT2D eigenvalue weighted by molar-refractivity contribution is -0.144. The summed E-state index contributed by atoms with van der Waals surface area (Å²) in [5.74, 6) is 0.242. The molecular weight excluding hydrogens is 278 g/mol. The SMILES string of the molecule is COC(=O)C(C)CS(=O)Cc1ccc(OC)c(C#N)c1. The van der Waals surface area contributed by atoms with Crippen molar-refractivity contribution in [3.63, 3.8) is 0 Å². The Balaban J connectivity index is 2.72. The molecule has 2 atom stereocenters. The maximum Gasteiger partial charge on any atom is 0.309 e. The average molecular weight is 295 g/mol. The first kappa shape index (κ1) is 16.2. The van der Waals surface area contributed by atoms with Crippen LogP contribution in [0.1, 0.15) is 18.1 Å². The van der Waals surface area contributed by atoms with Crippen LogP contribution in [0, 0.1) is 17.2 Å². The van der Waals surface area contributed by atoms with Crippen LogP contribution < -0.4 is 4.74 Å². The molecule has 0 heterocycles. The summed E-state index contributed by atoms with van der Waals surface area (Å²) in [6, 6.07) is 7.12. The van der Waals surface area contributed by atoms with Crippen molar-refractivity contribution in [3.05, 3.63) is 29.3 Å². The van der Waals surface area contributed by atoms with E-state index in [0.29, 0.717) is 17.1 Å². The van der Waals surface area contributed by atoms with E-state index in [-0.39, 0.29) is 11.7 Å². The molecule has 0 aliphatic heterocycles. The highest BCUT2D eigenvalue weighted by molar-refractivity contribution is 7.84. The summed E-state index contributed by atoms with van der Waals surface area (Å²) >= 11 is 0. The van der Waals surface area contributed by atoms with E-state index < -0.39 is 16.7 Å². The second-order valence-corrected chi connectivity index (χ2v) is 5.82. The molecule has 1 aromatic rings. The topological polar surface area (TPSA) is 76.4 Å². The van der Waals surface area contributed by atoms with E-state index >= 15 is 0 Å². The summed E-state index contributed by atoms with van der Waals surface area (Å²) in [6.07, 6.45) is 0. The predicted molar refractivity (Wildman–Crippen MR) is 75.6 cm³/mol. The first-order valence-corrected chi connectivity index (χ1v) is 7.50. The Bertz CT molecular complexity index is 551. The van der Waals surface area contributed by atoms with Crippen molar-refractivity contribution in [1.82, 2.24) is 0 Å². The molecule has 0 amide bonds. The molecule has 1 rings (SSSR count). The van der Waals surface area contributed by atoms with E-state index in [2.05, 4.69) is 4.74 Å². The lowest BCUT2D eigenvalue weighted by atomic mass is 10.1. The first-order valence-electron chi connectivity index (χ1n) is 6.01. The van der Waals surface area contributed by atoms with Crippen LogP contribution in [0.2, 0.25) is 0 Å². The maximum absolute atomic E-state index is 12.0. The molecule has 5 nitrogen and oxygen atoms in total. The van der Waals surface area contributed by atoms with Crippen molar-refractivity contribution in [2.75, 3.05) is 20.0 Å². The fourth-order valence-electron chi connectivity index (χ4n) is 1.73. The minimum Gasteiger partial charge on any atom is -0.495 e. The van der Waals surface area contributed by atoms with Crippen molar-refractivity contribution in [2.24, 2.45) is 5.92 Å². The van der Waals surface area contributed by atoms with E-state index in [1.165, 1.54) is 14.2 Å². The van der Waals surface area contributed by atoms with Gasteiger partial charge in [-0.2, -0.15) is 5.26 Å². The second-order valence-electron chi connectivity index (χ2n) is 4.32. The smallest absolute Gasteiger partial charge is 0.309 e. The van der Waals surface area contributed by atoms with Crippen molar-refractivity contribution < 1.29 is 18.5 Å². The van der Waals surface area contributed by atoms with Gasteiger partial charge in [-0.25, -0.2) is 0 Å². The molecule has 0 fully saturated rings. The van der Waals surface area contributed by atoms with Crippen LogP contribution in [0.5, 0.6) is 5.75 Å². The molecule has 0 saturated heterocycles. The van der Waals surface area contributed by atoms with Gasteiger partial charge in [-0.1, -0.05) is 13.0 Å². The largest absolute Gasteiger partial charge is 0.495 e. The normalized spacial score (nSPS) is 13.1. The second kappa shape index (κ2) is 7.65. The third kappa shape index (κ3) is 4.35. The van der Waals surface area contributed by atoms with Crippen LogP contribution >= 0.6 is 0 Å². The van der Waals surface area contributed by atoms with Gasteiger partial charge < -0.3 is 9.47 Å². The number of ether oxygens (including phenoxy) is 2. The molecule has 0 saturated carbocycles. The number of methoxy groups -OCH3 is 2. The van der Waals surface area contributed by atoms with Crippen molar-refractivity contribution in [1.29, 1.82) is 5.26 Å². The summed E-state index contributed by atoms with van der Waals surface area (Å²) in [5, 5.41) is 8.99. The van der Waals surface area contributed by atoms with Gasteiger partial charge in [0.25, 0.3) is 0 Å². The number of carbonyl (C=O) groups is 1. The highest BCUT2D eigenvalue weighted by Crippen LogP contribution is 2.20. The minimum absolute atomic E-state index is 0.237. The molecule has 0 aliphatic rings. The van der Waals surface area contributed by atoms with Crippen molar-refractivity contribution >= 4 is 16.8 Å². The van der Waals surface area contributed by atoms with Gasteiger partial charge in [-0.15, -0.1) is 0 Å². The summed E-state index contributed by atoms with van der Waals surface area (Å²) in [5.41, 5.74) is 1.18. The number of rotatable bonds is 6. The standard InChI is InChI=1S/C14H17NO4S/c1-10(14(16)19-3)8-20(17)9-11-4-5-13(18-2)12(6-11)7-15/h4-6,10H,8-9H2,1-3H3. The quantitative estimate of drug-likeness (QED) is 0.745. The Morgan fingerprint density at radius 1 is 1.45 bits per heavy atom. The van der Waals surface area contributed by atoms with Crippen LogP contribution in [0.3, 0.4) is 0 Å². The minimum atomic E-state index is -1.19. The number of hydrogen-bond acceptors (Lipinski definition) is 5. The zero-order chi connectivity index (χ0) is 15.1. The van der Waals surface area contributed by atoms with Crippen LogP contribution in [0.4, 0.5) is 0 Å². The summed E-state index contributed by atoms with van der Waals surface area (Å²) in [6.45, 7) is 1.68. The summed E-state index contributed by atoms with van der Waals surface area (Å²) in [4.78, 5) is 11.3. The van der Waals surface area contributed by atoms with E-state index in [4.69, 9.17) is 10.00 Å². The van der Waals surface area contributed by atoms with Gasteiger partial charge >= 0.3 is 5.97 Å². The molecule has 20 heavy (non-hydrogen) atoms. The highest BCUT2D eigenvalue weighted by atomic mass is 32.2. The Labute approximate surface area is 121 Å². The van der Waals surface area contributed by atoms with Gasteiger partial charge in [0, 0.05) is 22.3 Å². The molecule has 0 aliphatic carbocycles. The number of benzene rings is 1. The number of carbonyl (C=O) groups excluding carboxylic acids is 1. The Morgan fingerprint density at radius 3 is 2.70 bits per heavy atom. The van der Waals surface area contributed by atoms with E-state index in [1.807, 2.05) is 6.07 Å². The molecule has 0 spiro atoms. The fraction of sp³-hybridized carbons (Fsp3) is 0.429. The third-order valence-electron chi connectivity index (χ3n) is 2.75. The fourth-order valence-corrected chi connectivity index (χ4v) is 3.09. The lowest BCUT2D eigenvalue weighted by Gasteiger charge is -2.09. The molecular formula is C14H17NO4S. The summed E-state index contributed by atoms with van der Waals surface area (Å²) < 4.78 is 21.6. The van der Waals surface area contributed by atoms with Crippen LogP contribution in [0.25, 0.3) is 0 Å². The van der Waals surface area contributed by atoms with Crippen LogP contribution in [-0.2, 0) is 26.1 Å². The highest BCUT2D eigenvalue weighted by Gasteiger charge is 2.17. The molecule has 6 heteroatoms. The van der Waals surface area contributed by atoms with Gasteiger partial charge in [0.2, 0.25) is 0 Å². The lowest BCUT2D eigenvalue weighted by Crippen LogP contribution is -2.20. The monoisotopic (exact) mass is 295 g/mol. The van der Waals surface area contributed by atoms with Gasteiger partial charge in [0.05, 0.1) is 25.7 Å². The molecule has 1 aromatic carbocycles. The maximum atomic E-state index is 12.0. The van der Waals surface area contributed by atoms with Crippen LogP contribution in [0.15, 0.2) is 18.2 Å². The zero-order valence-corrected chi connectivity index (χ0v) is 12.5. The third-order valence-corrected chi connectivity index (χ3v) is 4.28. The zero-order valence-electron chi connectivity index (χ0n) is 11.7. The number of nitrogens with zero attached hydrogens (tertiary/aromatic N) is 1. The first-order chi connectivity index (χ1) is 9.51. The van der Waals surface area contributed by atoms with Gasteiger partial charge in [0.1, 0.15) is 11.8 Å². The van der Waals surface area contributed by atoms with Crippen molar-refractivity contribution in [3.8, 4) is 11.8 Å². The van der Waals surface area contributed by atoms with E-state index in [1.54, 1.807) is 25.1 Å². The van der Waals surface area contributed by atoms with Crippen molar-refractivity contribution in [2.45, 2.75) is 12.7 Å². The average Bonchev–Trinajstić information content (AvgIpc) is 2.45. The Kier molecular flexibility index (Phi) is 6.19. The molecule has 0 aromatic heterocycles. The molecule has 0 N–H and O–H groups in total. The molecule has 0 radical (unpaired) electrons. The number of esters is 1. The van der Waals surface area contributed by atoms with E-state index in [9.17, 15) is 9.00 Å².